The van der Waals surface area contributed by atoms with Crippen LogP contribution in [0.3, 0.4) is 0 Å². The predicted molar refractivity (Wildman–Crippen MR) is 110 cm³/mol. The van der Waals surface area contributed by atoms with Crippen LogP contribution in [0.1, 0.15) is 6.92 Å². The molecule has 2 aromatic heterocycles. The zero-order valence-corrected chi connectivity index (χ0v) is 16.0. The van der Waals surface area contributed by atoms with Crippen molar-refractivity contribution in [3.05, 3.63) is 69.4 Å². The number of rotatable bonds is 6. The van der Waals surface area contributed by atoms with Gasteiger partial charge in [0.2, 0.25) is 0 Å². The fourth-order valence-corrected chi connectivity index (χ4v) is 3.18. The van der Waals surface area contributed by atoms with E-state index in [2.05, 4.69) is 0 Å². The second kappa shape index (κ2) is 7.75. The van der Waals surface area contributed by atoms with Crippen molar-refractivity contribution < 1.29 is 23.1 Å². The normalized spacial score (nSPS) is 11.0. The Balaban J connectivity index is 1.89. The molecular weight excluding hydrogens is 390 g/mol. The van der Waals surface area contributed by atoms with Gasteiger partial charge >= 0.3 is 11.3 Å². The zero-order valence-electron chi connectivity index (χ0n) is 16.0. The van der Waals surface area contributed by atoms with Gasteiger partial charge in [0.1, 0.15) is 11.3 Å². The van der Waals surface area contributed by atoms with Crippen LogP contribution in [0.25, 0.3) is 33.1 Å². The first-order valence-corrected chi connectivity index (χ1v) is 9.15. The van der Waals surface area contributed by atoms with Gasteiger partial charge in [0, 0.05) is 28.5 Å². The lowest BCUT2D eigenvalue weighted by molar-refractivity contribution is -0.119. The molecule has 0 bridgehead atoms. The van der Waals surface area contributed by atoms with Crippen molar-refractivity contribution in [1.82, 2.24) is 0 Å². The summed E-state index contributed by atoms with van der Waals surface area (Å²) in [6.45, 7) is 1.95. The van der Waals surface area contributed by atoms with Crippen LogP contribution in [0.15, 0.2) is 67.0 Å². The van der Waals surface area contributed by atoms with Gasteiger partial charge in [-0.3, -0.25) is 4.79 Å². The van der Waals surface area contributed by atoms with Crippen LogP contribution < -0.4 is 26.5 Å². The fraction of sp³-hybridized carbons (Fsp3) is 0.136. The largest absolute Gasteiger partial charge is 0.490 e. The minimum Gasteiger partial charge on any atom is -0.490 e. The Kier molecular flexibility index (Phi) is 4.97. The van der Waals surface area contributed by atoms with Gasteiger partial charge in [-0.25, -0.2) is 9.59 Å². The van der Waals surface area contributed by atoms with E-state index >= 15 is 0 Å². The van der Waals surface area contributed by atoms with Crippen LogP contribution in [0.2, 0.25) is 0 Å². The third-order valence-corrected chi connectivity index (χ3v) is 4.41. The molecule has 0 saturated carbocycles. The molecule has 152 valence electrons. The molecule has 2 N–H and O–H groups in total. The Morgan fingerprint density at radius 3 is 2.60 bits per heavy atom. The molecule has 0 aliphatic rings. The Labute approximate surface area is 169 Å². The molecule has 4 rings (SSSR count). The van der Waals surface area contributed by atoms with E-state index in [9.17, 15) is 14.4 Å². The molecule has 1 amide bonds. The number of primary amides is 1. The highest BCUT2D eigenvalue weighted by atomic mass is 16.5. The van der Waals surface area contributed by atoms with E-state index in [-0.39, 0.29) is 17.8 Å². The first-order chi connectivity index (χ1) is 14.5. The van der Waals surface area contributed by atoms with Crippen LogP contribution in [-0.4, -0.2) is 19.1 Å². The molecule has 0 aliphatic heterocycles. The highest BCUT2D eigenvalue weighted by Gasteiger charge is 2.16. The van der Waals surface area contributed by atoms with Crippen LogP contribution in [-0.2, 0) is 4.79 Å². The Morgan fingerprint density at radius 1 is 1.00 bits per heavy atom. The zero-order chi connectivity index (χ0) is 21.3. The van der Waals surface area contributed by atoms with Crippen molar-refractivity contribution in [1.29, 1.82) is 0 Å². The van der Waals surface area contributed by atoms with E-state index in [4.69, 9.17) is 24.0 Å². The third kappa shape index (κ3) is 3.62. The summed E-state index contributed by atoms with van der Waals surface area (Å²) in [6.07, 6.45) is 0. The number of amides is 1. The third-order valence-electron chi connectivity index (χ3n) is 4.41. The van der Waals surface area contributed by atoms with Gasteiger partial charge in [0.25, 0.3) is 5.91 Å². The van der Waals surface area contributed by atoms with Gasteiger partial charge in [-0.05, 0) is 31.2 Å². The molecule has 0 aliphatic carbocycles. The molecule has 0 saturated heterocycles. The van der Waals surface area contributed by atoms with Gasteiger partial charge in [-0.1, -0.05) is 12.1 Å². The average molecular weight is 407 g/mol. The van der Waals surface area contributed by atoms with Crippen LogP contribution in [0.4, 0.5) is 0 Å². The first kappa shape index (κ1) is 19.3. The summed E-state index contributed by atoms with van der Waals surface area (Å²) in [7, 11) is 0. The highest BCUT2D eigenvalue weighted by molar-refractivity contribution is 5.96. The molecule has 2 aromatic carbocycles. The van der Waals surface area contributed by atoms with Crippen molar-refractivity contribution >= 4 is 27.8 Å². The lowest BCUT2D eigenvalue weighted by Gasteiger charge is -2.09. The predicted octanol–water partition coefficient (Wildman–Crippen LogP) is 2.83. The summed E-state index contributed by atoms with van der Waals surface area (Å²) in [5, 5.41) is 1.16. The number of hydrogen-bond donors (Lipinski definition) is 1. The van der Waals surface area contributed by atoms with Crippen LogP contribution in [0, 0.1) is 0 Å². The summed E-state index contributed by atoms with van der Waals surface area (Å²) in [5.41, 5.74) is 4.92. The second-order valence-corrected chi connectivity index (χ2v) is 6.45. The van der Waals surface area contributed by atoms with Gasteiger partial charge in [0.05, 0.1) is 12.2 Å². The first-order valence-electron chi connectivity index (χ1n) is 9.15. The topological polar surface area (TPSA) is 122 Å². The molecular formula is C22H17NO7. The Morgan fingerprint density at radius 2 is 1.83 bits per heavy atom. The number of carbonyl (C=O) groups excluding carboxylic acids is 1. The lowest BCUT2D eigenvalue weighted by Crippen LogP contribution is -2.20. The average Bonchev–Trinajstić information content (AvgIpc) is 2.71. The molecule has 0 atom stereocenters. The Bertz CT molecular complexity index is 1380. The van der Waals surface area contributed by atoms with Crippen molar-refractivity contribution in [3.63, 3.8) is 0 Å². The molecule has 4 aromatic rings. The van der Waals surface area contributed by atoms with Crippen molar-refractivity contribution in [2.45, 2.75) is 6.92 Å². The summed E-state index contributed by atoms with van der Waals surface area (Å²) in [4.78, 5) is 35.8. The number of carbonyl (C=O) groups is 1. The van der Waals surface area contributed by atoms with Crippen molar-refractivity contribution in [2.24, 2.45) is 5.73 Å². The van der Waals surface area contributed by atoms with E-state index in [1.807, 2.05) is 6.92 Å². The SMILES string of the molecule is CCOc1cccc2cc(-c3cc(=O)oc4cc(OCC(N)=O)ccc34)c(=O)oc12. The maximum Gasteiger partial charge on any atom is 0.344 e. The molecule has 0 fully saturated rings. The van der Waals surface area contributed by atoms with Crippen molar-refractivity contribution in [2.75, 3.05) is 13.2 Å². The fourth-order valence-electron chi connectivity index (χ4n) is 3.18. The quantitative estimate of drug-likeness (QED) is 0.488. The van der Waals surface area contributed by atoms with Crippen LogP contribution in [0.5, 0.6) is 11.5 Å². The molecule has 30 heavy (non-hydrogen) atoms. The Hall–Kier alpha value is -4.07. The van der Waals surface area contributed by atoms with E-state index in [1.54, 1.807) is 36.4 Å². The van der Waals surface area contributed by atoms with E-state index < -0.39 is 17.2 Å². The standard InChI is InChI=1S/C22H17NO7/c1-2-27-17-5-3-4-12-8-16(22(26)30-21(12)17)15-10-20(25)29-18-9-13(6-7-14(15)18)28-11-19(23)24/h3-10H,2,11H2,1H3,(H2,23,24). The lowest BCUT2D eigenvalue weighted by atomic mass is 10.0. The van der Waals surface area contributed by atoms with Gasteiger partial charge in [0.15, 0.2) is 17.9 Å². The summed E-state index contributed by atoms with van der Waals surface area (Å²) < 4.78 is 21.5. The molecule has 0 spiro atoms. The van der Waals surface area contributed by atoms with E-state index in [0.717, 1.165) is 0 Å². The minimum atomic E-state index is -0.646. The van der Waals surface area contributed by atoms with Gasteiger partial charge < -0.3 is 24.0 Å². The molecule has 0 radical (unpaired) electrons. The molecule has 8 nitrogen and oxygen atoms in total. The number of nitrogens with two attached hydrogens (primary N) is 1. The minimum absolute atomic E-state index is 0.196. The number of benzene rings is 2. The van der Waals surface area contributed by atoms with E-state index in [0.29, 0.717) is 40.0 Å². The highest BCUT2D eigenvalue weighted by Crippen LogP contribution is 2.31. The number of para-hydroxylation sites is 1. The van der Waals surface area contributed by atoms with Crippen molar-refractivity contribution in [3.8, 4) is 22.6 Å². The second-order valence-electron chi connectivity index (χ2n) is 6.45. The maximum atomic E-state index is 12.8. The molecule has 2 heterocycles. The summed E-state index contributed by atoms with van der Waals surface area (Å²) >= 11 is 0. The van der Waals surface area contributed by atoms with Gasteiger partial charge in [-0.15, -0.1) is 0 Å². The van der Waals surface area contributed by atoms with Crippen LogP contribution >= 0.6 is 0 Å². The monoisotopic (exact) mass is 407 g/mol. The summed E-state index contributed by atoms with van der Waals surface area (Å²) in [5.74, 6) is 0.131. The smallest absolute Gasteiger partial charge is 0.344 e. The molecule has 0 unspecified atom stereocenters. The maximum absolute atomic E-state index is 12.8. The van der Waals surface area contributed by atoms with E-state index in [1.165, 1.54) is 12.1 Å². The number of hydrogen-bond acceptors (Lipinski definition) is 7. The van der Waals surface area contributed by atoms with Gasteiger partial charge in [-0.2, -0.15) is 0 Å². The summed E-state index contributed by atoms with van der Waals surface area (Å²) in [6, 6.07) is 12.8. The molecule has 8 heteroatoms. The number of ether oxygens (including phenoxy) is 2. The number of fused-ring (bicyclic) bond motifs is 2.